The van der Waals surface area contributed by atoms with Gasteiger partial charge in [0.1, 0.15) is 11.5 Å². The van der Waals surface area contributed by atoms with E-state index in [4.69, 9.17) is 20.3 Å². The van der Waals surface area contributed by atoms with E-state index in [0.29, 0.717) is 11.5 Å². The van der Waals surface area contributed by atoms with Gasteiger partial charge in [-0.1, -0.05) is 18.2 Å². The van der Waals surface area contributed by atoms with Crippen LogP contribution in [0.3, 0.4) is 0 Å². The highest BCUT2D eigenvalue weighted by Crippen LogP contribution is 2.34. The van der Waals surface area contributed by atoms with Gasteiger partial charge in [0.2, 0.25) is 0 Å². The monoisotopic (exact) mass is 301 g/mol. The average molecular weight is 301 g/mol. The molecule has 116 valence electrons. The molecule has 22 heavy (non-hydrogen) atoms. The van der Waals surface area contributed by atoms with Gasteiger partial charge in [0.15, 0.2) is 0 Å². The van der Waals surface area contributed by atoms with Crippen molar-refractivity contribution in [3.05, 3.63) is 48.0 Å². The van der Waals surface area contributed by atoms with Crippen LogP contribution in [0.15, 0.2) is 42.5 Å². The maximum atomic E-state index is 10.8. The van der Waals surface area contributed by atoms with Crippen LogP contribution in [-0.2, 0) is 4.79 Å². The van der Waals surface area contributed by atoms with Gasteiger partial charge in [-0.05, 0) is 29.3 Å². The average Bonchev–Trinajstić information content (AvgIpc) is 2.53. The fourth-order valence-corrected chi connectivity index (χ4v) is 2.28. The van der Waals surface area contributed by atoms with Gasteiger partial charge in [-0.3, -0.25) is 4.79 Å². The molecule has 0 aliphatic rings. The van der Waals surface area contributed by atoms with Crippen LogP contribution < -0.4 is 15.2 Å². The highest BCUT2D eigenvalue weighted by atomic mass is 16.5. The van der Waals surface area contributed by atoms with Crippen LogP contribution in [0, 0.1) is 0 Å². The second-order valence-corrected chi connectivity index (χ2v) is 4.90. The van der Waals surface area contributed by atoms with E-state index in [0.717, 1.165) is 16.7 Å². The largest absolute Gasteiger partial charge is 0.497 e. The molecule has 0 amide bonds. The first-order valence-corrected chi connectivity index (χ1v) is 6.85. The van der Waals surface area contributed by atoms with E-state index in [2.05, 4.69) is 0 Å². The minimum atomic E-state index is -0.917. The number of rotatable bonds is 6. The number of aliphatic carboxylic acids is 1. The number of methoxy groups -OCH3 is 2. The molecule has 1 unspecified atom stereocenters. The lowest BCUT2D eigenvalue weighted by molar-refractivity contribution is -0.137. The Kier molecular flexibility index (Phi) is 5.01. The van der Waals surface area contributed by atoms with Crippen LogP contribution in [0.5, 0.6) is 11.5 Å². The number of carbonyl (C=O) groups is 1. The zero-order valence-electron chi connectivity index (χ0n) is 12.6. The van der Waals surface area contributed by atoms with Crippen molar-refractivity contribution in [1.29, 1.82) is 0 Å². The highest BCUT2D eigenvalue weighted by molar-refractivity contribution is 5.73. The van der Waals surface area contributed by atoms with Gasteiger partial charge in [0.25, 0.3) is 0 Å². The zero-order chi connectivity index (χ0) is 16.1. The molecular formula is C17H19NO4. The molecule has 0 aromatic heterocycles. The van der Waals surface area contributed by atoms with E-state index in [1.165, 1.54) is 0 Å². The second-order valence-electron chi connectivity index (χ2n) is 4.90. The number of nitrogens with two attached hydrogens (primary N) is 1. The van der Waals surface area contributed by atoms with Crippen molar-refractivity contribution in [2.75, 3.05) is 14.2 Å². The summed E-state index contributed by atoms with van der Waals surface area (Å²) >= 11 is 0. The standard InChI is InChI=1S/C17H19NO4/c1-21-13-6-7-14(16(9-13)22-2)11-4-3-5-12(8-11)15(18)10-17(19)20/h3-9,15H,10,18H2,1-2H3,(H,19,20). The molecule has 5 heteroatoms. The van der Waals surface area contributed by atoms with E-state index < -0.39 is 12.0 Å². The summed E-state index contributed by atoms with van der Waals surface area (Å²) in [4.78, 5) is 10.8. The number of benzene rings is 2. The molecule has 2 rings (SSSR count). The van der Waals surface area contributed by atoms with Crippen LogP contribution in [-0.4, -0.2) is 25.3 Å². The smallest absolute Gasteiger partial charge is 0.305 e. The summed E-state index contributed by atoms with van der Waals surface area (Å²) in [5.41, 5.74) is 8.51. The Morgan fingerprint density at radius 3 is 2.59 bits per heavy atom. The van der Waals surface area contributed by atoms with Crippen LogP contribution in [0.25, 0.3) is 11.1 Å². The van der Waals surface area contributed by atoms with E-state index in [-0.39, 0.29) is 6.42 Å². The molecule has 0 fully saturated rings. The first kappa shape index (κ1) is 15.9. The van der Waals surface area contributed by atoms with Gasteiger partial charge in [0.05, 0.1) is 20.6 Å². The lowest BCUT2D eigenvalue weighted by Crippen LogP contribution is -2.14. The van der Waals surface area contributed by atoms with E-state index in [1.54, 1.807) is 20.3 Å². The molecular weight excluding hydrogens is 282 g/mol. The van der Waals surface area contributed by atoms with Crippen molar-refractivity contribution in [3.8, 4) is 22.6 Å². The third kappa shape index (κ3) is 3.56. The molecule has 0 heterocycles. The molecule has 0 saturated heterocycles. The SMILES string of the molecule is COc1ccc(-c2cccc(C(N)CC(=O)O)c2)c(OC)c1. The van der Waals surface area contributed by atoms with Crippen molar-refractivity contribution in [2.24, 2.45) is 5.73 Å². The number of hydrogen-bond acceptors (Lipinski definition) is 4. The Bertz CT molecular complexity index is 669. The molecule has 0 spiro atoms. The Morgan fingerprint density at radius 1 is 1.18 bits per heavy atom. The molecule has 0 aliphatic heterocycles. The van der Waals surface area contributed by atoms with Gasteiger partial charge in [-0.2, -0.15) is 0 Å². The minimum absolute atomic E-state index is 0.108. The summed E-state index contributed by atoms with van der Waals surface area (Å²) < 4.78 is 10.6. The van der Waals surface area contributed by atoms with Gasteiger partial charge < -0.3 is 20.3 Å². The number of ether oxygens (including phenoxy) is 2. The summed E-state index contributed by atoms with van der Waals surface area (Å²) in [5, 5.41) is 8.86. The lowest BCUT2D eigenvalue weighted by Gasteiger charge is -2.14. The Labute approximate surface area is 129 Å². The van der Waals surface area contributed by atoms with Gasteiger partial charge in [-0.25, -0.2) is 0 Å². The summed E-state index contributed by atoms with van der Waals surface area (Å²) in [5.74, 6) is 0.475. The van der Waals surface area contributed by atoms with E-state index in [9.17, 15) is 4.79 Å². The first-order chi connectivity index (χ1) is 10.5. The summed E-state index contributed by atoms with van der Waals surface area (Å²) in [6.45, 7) is 0. The molecule has 1 atom stereocenters. The predicted octanol–water partition coefficient (Wildman–Crippen LogP) is 2.85. The number of carboxylic acids is 1. The molecule has 2 aromatic carbocycles. The lowest BCUT2D eigenvalue weighted by atomic mass is 9.98. The minimum Gasteiger partial charge on any atom is -0.497 e. The van der Waals surface area contributed by atoms with Crippen molar-refractivity contribution < 1.29 is 19.4 Å². The summed E-state index contributed by atoms with van der Waals surface area (Å²) in [6, 6.07) is 12.5. The Balaban J connectivity index is 2.39. The van der Waals surface area contributed by atoms with Crippen molar-refractivity contribution in [1.82, 2.24) is 0 Å². The molecule has 0 saturated carbocycles. The molecule has 0 aliphatic carbocycles. The van der Waals surface area contributed by atoms with E-state index >= 15 is 0 Å². The fourth-order valence-electron chi connectivity index (χ4n) is 2.28. The van der Waals surface area contributed by atoms with Gasteiger partial charge >= 0.3 is 5.97 Å². The normalized spacial score (nSPS) is 11.8. The number of carboxylic acid groups (broad SMARTS) is 1. The molecule has 2 aromatic rings. The van der Waals surface area contributed by atoms with Crippen LogP contribution in [0.2, 0.25) is 0 Å². The van der Waals surface area contributed by atoms with Crippen molar-refractivity contribution >= 4 is 5.97 Å². The molecule has 3 N–H and O–H groups in total. The quantitative estimate of drug-likeness (QED) is 0.857. The Hall–Kier alpha value is -2.53. The topological polar surface area (TPSA) is 81.8 Å². The highest BCUT2D eigenvalue weighted by Gasteiger charge is 2.13. The van der Waals surface area contributed by atoms with Gasteiger partial charge in [-0.15, -0.1) is 0 Å². The zero-order valence-corrected chi connectivity index (χ0v) is 12.6. The molecule has 5 nitrogen and oxygen atoms in total. The molecule has 0 radical (unpaired) electrons. The van der Waals surface area contributed by atoms with Gasteiger partial charge in [0, 0.05) is 17.7 Å². The summed E-state index contributed by atoms with van der Waals surface area (Å²) in [6.07, 6.45) is -0.108. The predicted molar refractivity (Wildman–Crippen MR) is 84.2 cm³/mol. The molecule has 0 bridgehead atoms. The Morgan fingerprint density at radius 2 is 1.95 bits per heavy atom. The first-order valence-electron chi connectivity index (χ1n) is 6.85. The van der Waals surface area contributed by atoms with E-state index in [1.807, 2.05) is 36.4 Å². The summed E-state index contributed by atoms with van der Waals surface area (Å²) in [7, 11) is 3.19. The van der Waals surface area contributed by atoms with Crippen molar-refractivity contribution in [2.45, 2.75) is 12.5 Å². The van der Waals surface area contributed by atoms with Crippen LogP contribution in [0.1, 0.15) is 18.0 Å². The second kappa shape index (κ2) is 6.95. The third-order valence-corrected chi connectivity index (χ3v) is 3.43. The fraction of sp³-hybridized carbons (Fsp3) is 0.235. The number of hydrogen-bond donors (Lipinski definition) is 2. The van der Waals surface area contributed by atoms with Crippen LogP contribution >= 0.6 is 0 Å². The maximum absolute atomic E-state index is 10.8. The maximum Gasteiger partial charge on any atom is 0.305 e. The van der Waals surface area contributed by atoms with Crippen LogP contribution in [0.4, 0.5) is 0 Å². The van der Waals surface area contributed by atoms with Crippen molar-refractivity contribution in [3.63, 3.8) is 0 Å². The third-order valence-electron chi connectivity index (χ3n) is 3.43.